The largest absolute Gasteiger partial charge is 0.394 e. The normalized spacial score (nSPS) is 28.0. The number of nitrogens with zero attached hydrogens (tertiary/aromatic N) is 4. The van der Waals surface area contributed by atoms with Crippen LogP contribution in [-0.4, -0.2) is 48.5 Å². The molecule has 3 heterocycles. The van der Waals surface area contributed by atoms with Crippen molar-refractivity contribution in [2.24, 2.45) is 0 Å². The van der Waals surface area contributed by atoms with E-state index in [2.05, 4.69) is 15.0 Å². The van der Waals surface area contributed by atoms with Crippen LogP contribution in [0.2, 0.25) is 0 Å². The minimum Gasteiger partial charge on any atom is -0.394 e. The summed E-state index contributed by atoms with van der Waals surface area (Å²) in [4.78, 5) is 12.1. The van der Waals surface area contributed by atoms with Gasteiger partial charge in [-0.05, 0) is 0 Å². The summed E-state index contributed by atoms with van der Waals surface area (Å²) >= 11 is 0. The molecule has 0 saturated carbocycles. The standard InChI is InChI=1S/C10H13N5O3/c11-10-12-2-5-9(14-10)15(4-13-5)8-1-6(17)7(3-16)18-8/h2,4,6-8,16-17H,1,3H2,(H2,11,12,14)/t6-,7?,8-/m1/s1. The maximum Gasteiger partial charge on any atom is 0.222 e. The molecule has 0 amide bonds. The van der Waals surface area contributed by atoms with Crippen molar-refractivity contribution in [1.82, 2.24) is 19.5 Å². The molecule has 18 heavy (non-hydrogen) atoms. The minimum atomic E-state index is -0.698. The molecule has 3 atom stereocenters. The van der Waals surface area contributed by atoms with E-state index in [9.17, 15) is 5.11 Å². The Hall–Kier alpha value is -1.77. The van der Waals surface area contributed by atoms with Crippen molar-refractivity contribution in [3.05, 3.63) is 12.5 Å². The minimum absolute atomic E-state index is 0.154. The van der Waals surface area contributed by atoms with Crippen molar-refractivity contribution in [2.45, 2.75) is 24.9 Å². The number of aliphatic hydroxyl groups excluding tert-OH is 2. The first-order valence-electron chi connectivity index (χ1n) is 5.58. The molecule has 0 spiro atoms. The third-order valence-electron chi connectivity index (χ3n) is 3.03. The fourth-order valence-corrected chi connectivity index (χ4v) is 2.10. The number of nitrogen functional groups attached to an aromatic ring is 1. The van der Waals surface area contributed by atoms with Gasteiger partial charge in [0, 0.05) is 6.42 Å². The molecule has 3 rings (SSSR count). The highest BCUT2D eigenvalue weighted by Gasteiger charge is 2.35. The first-order valence-corrected chi connectivity index (χ1v) is 5.58. The number of ether oxygens (including phenoxy) is 1. The molecule has 8 nitrogen and oxygen atoms in total. The van der Waals surface area contributed by atoms with E-state index in [1.54, 1.807) is 10.9 Å². The Morgan fingerprint density at radius 2 is 2.33 bits per heavy atom. The number of hydrogen-bond acceptors (Lipinski definition) is 7. The van der Waals surface area contributed by atoms with Gasteiger partial charge in [0.15, 0.2) is 5.65 Å². The quantitative estimate of drug-likeness (QED) is 0.629. The van der Waals surface area contributed by atoms with E-state index < -0.39 is 18.4 Å². The third kappa shape index (κ3) is 1.70. The van der Waals surface area contributed by atoms with Crippen molar-refractivity contribution in [1.29, 1.82) is 0 Å². The Labute approximate surface area is 102 Å². The van der Waals surface area contributed by atoms with E-state index in [0.29, 0.717) is 17.6 Å². The summed E-state index contributed by atoms with van der Waals surface area (Å²) < 4.78 is 7.22. The van der Waals surface area contributed by atoms with Crippen molar-refractivity contribution in [3.63, 3.8) is 0 Å². The average Bonchev–Trinajstić information content (AvgIpc) is 2.91. The summed E-state index contributed by atoms with van der Waals surface area (Å²) in [6, 6.07) is 0. The molecule has 1 aliphatic rings. The lowest BCUT2D eigenvalue weighted by molar-refractivity contribution is -0.0432. The fourth-order valence-electron chi connectivity index (χ4n) is 2.10. The molecule has 96 valence electrons. The number of fused-ring (bicyclic) bond motifs is 1. The molecule has 0 radical (unpaired) electrons. The summed E-state index contributed by atoms with van der Waals surface area (Å²) in [5.74, 6) is 0.154. The molecule has 0 bridgehead atoms. The van der Waals surface area contributed by atoms with E-state index in [1.165, 1.54) is 6.20 Å². The summed E-state index contributed by atoms with van der Waals surface area (Å²) in [5, 5.41) is 18.8. The second kappa shape index (κ2) is 4.16. The summed E-state index contributed by atoms with van der Waals surface area (Å²) in [6.07, 6.45) is 1.79. The van der Waals surface area contributed by atoms with Crippen LogP contribution in [0.25, 0.3) is 11.2 Å². The number of aromatic nitrogens is 4. The molecule has 0 aliphatic carbocycles. The van der Waals surface area contributed by atoms with E-state index in [0.717, 1.165) is 0 Å². The Bertz CT molecular complexity index is 572. The van der Waals surface area contributed by atoms with E-state index in [1.807, 2.05) is 0 Å². The van der Waals surface area contributed by atoms with E-state index in [-0.39, 0.29) is 12.6 Å². The Morgan fingerprint density at radius 3 is 3.06 bits per heavy atom. The van der Waals surface area contributed by atoms with Crippen LogP contribution in [0.4, 0.5) is 5.95 Å². The summed E-state index contributed by atoms with van der Waals surface area (Å²) in [6.45, 7) is -0.221. The predicted molar refractivity (Wildman–Crippen MR) is 61.4 cm³/mol. The first kappa shape index (κ1) is 11.3. The van der Waals surface area contributed by atoms with Crippen LogP contribution in [0, 0.1) is 0 Å². The van der Waals surface area contributed by atoms with Gasteiger partial charge >= 0.3 is 0 Å². The maximum atomic E-state index is 9.71. The number of rotatable bonds is 2. The lowest BCUT2D eigenvalue weighted by atomic mass is 10.2. The molecule has 4 N–H and O–H groups in total. The second-order valence-electron chi connectivity index (χ2n) is 4.20. The van der Waals surface area contributed by atoms with Crippen LogP contribution < -0.4 is 5.73 Å². The number of anilines is 1. The van der Waals surface area contributed by atoms with Crippen LogP contribution >= 0.6 is 0 Å². The zero-order valence-corrected chi connectivity index (χ0v) is 9.47. The van der Waals surface area contributed by atoms with Crippen molar-refractivity contribution < 1.29 is 14.9 Å². The second-order valence-corrected chi connectivity index (χ2v) is 4.20. The molecule has 2 aromatic rings. The number of nitrogens with two attached hydrogens (primary N) is 1. The lowest BCUT2D eigenvalue weighted by Gasteiger charge is -2.13. The van der Waals surface area contributed by atoms with Crippen molar-refractivity contribution in [2.75, 3.05) is 12.3 Å². The molecule has 0 aromatic carbocycles. The smallest absolute Gasteiger partial charge is 0.222 e. The zero-order chi connectivity index (χ0) is 12.7. The van der Waals surface area contributed by atoms with Gasteiger partial charge in [-0.15, -0.1) is 0 Å². The highest BCUT2D eigenvalue weighted by atomic mass is 16.5. The summed E-state index contributed by atoms with van der Waals surface area (Å²) in [5.41, 5.74) is 6.70. The molecule has 8 heteroatoms. The van der Waals surface area contributed by atoms with E-state index in [4.69, 9.17) is 15.6 Å². The topological polar surface area (TPSA) is 119 Å². The van der Waals surface area contributed by atoms with Gasteiger partial charge in [0.1, 0.15) is 17.8 Å². The number of imidazole rings is 1. The van der Waals surface area contributed by atoms with Gasteiger partial charge in [0.2, 0.25) is 5.95 Å². The van der Waals surface area contributed by atoms with Gasteiger partial charge < -0.3 is 20.7 Å². The number of aliphatic hydroxyl groups is 2. The molecule has 1 aliphatic heterocycles. The van der Waals surface area contributed by atoms with Gasteiger partial charge in [0.05, 0.1) is 25.2 Å². The zero-order valence-electron chi connectivity index (χ0n) is 9.47. The highest BCUT2D eigenvalue weighted by Crippen LogP contribution is 2.30. The Morgan fingerprint density at radius 1 is 1.50 bits per heavy atom. The fraction of sp³-hybridized carbons (Fsp3) is 0.500. The number of hydrogen-bond donors (Lipinski definition) is 3. The van der Waals surface area contributed by atoms with Gasteiger partial charge in [-0.1, -0.05) is 0 Å². The third-order valence-corrected chi connectivity index (χ3v) is 3.03. The molecule has 2 aromatic heterocycles. The summed E-state index contributed by atoms with van der Waals surface area (Å²) in [7, 11) is 0. The monoisotopic (exact) mass is 251 g/mol. The maximum absolute atomic E-state index is 9.71. The highest BCUT2D eigenvalue weighted by molar-refractivity contribution is 5.70. The molecule has 1 unspecified atom stereocenters. The molecular formula is C10H13N5O3. The van der Waals surface area contributed by atoms with E-state index >= 15 is 0 Å². The van der Waals surface area contributed by atoms with Crippen LogP contribution in [0.1, 0.15) is 12.6 Å². The van der Waals surface area contributed by atoms with Crippen LogP contribution in [-0.2, 0) is 4.74 Å². The Balaban J connectivity index is 1.98. The lowest BCUT2D eigenvalue weighted by Crippen LogP contribution is -2.24. The van der Waals surface area contributed by atoms with Crippen molar-refractivity contribution >= 4 is 17.1 Å². The van der Waals surface area contributed by atoms with Crippen LogP contribution in [0.3, 0.4) is 0 Å². The van der Waals surface area contributed by atoms with Crippen molar-refractivity contribution in [3.8, 4) is 0 Å². The first-order chi connectivity index (χ1) is 8.69. The molecular weight excluding hydrogens is 238 g/mol. The van der Waals surface area contributed by atoms with Gasteiger partial charge in [-0.2, -0.15) is 4.98 Å². The van der Waals surface area contributed by atoms with Gasteiger partial charge in [-0.25, -0.2) is 9.97 Å². The predicted octanol–water partition coefficient (Wildman–Crippen LogP) is -0.951. The van der Waals surface area contributed by atoms with Crippen LogP contribution in [0.5, 0.6) is 0 Å². The Kier molecular flexibility index (Phi) is 2.62. The SMILES string of the molecule is Nc1ncc2ncn([C@H]3C[C@@H](O)C(CO)O3)c2n1. The van der Waals surface area contributed by atoms with Gasteiger partial charge in [0.25, 0.3) is 0 Å². The van der Waals surface area contributed by atoms with Crippen LogP contribution in [0.15, 0.2) is 12.5 Å². The molecule has 1 saturated heterocycles. The average molecular weight is 251 g/mol. The van der Waals surface area contributed by atoms with Gasteiger partial charge in [-0.3, -0.25) is 4.57 Å². The molecule has 1 fully saturated rings.